The summed E-state index contributed by atoms with van der Waals surface area (Å²) < 4.78 is 6.05. The number of amides is 1. The van der Waals surface area contributed by atoms with E-state index in [4.69, 9.17) is 4.43 Å². The molecule has 1 N–H and O–H groups in total. The van der Waals surface area contributed by atoms with E-state index in [1.165, 1.54) is 0 Å². The van der Waals surface area contributed by atoms with Gasteiger partial charge < -0.3 is 9.74 Å². The Bertz CT molecular complexity index is 245. The van der Waals surface area contributed by atoms with Crippen LogP contribution in [-0.4, -0.2) is 27.3 Å². The summed E-state index contributed by atoms with van der Waals surface area (Å²) in [5, 5.41) is 3.29. The van der Waals surface area contributed by atoms with E-state index in [1.807, 2.05) is 0 Å². The van der Waals surface area contributed by atoms with E-state index < -0.39 is 9.76 Å². The minimum atomic E-state index is -0.556. The van der Waals surface area contributed by atoms with Crippen LogP contribution >= 0.6 is 0 Å². The molecule has 0 aromatic rings. The van der Waals surface area contributed by atoms with Crippen molar-refractivity contribution in [1.29, 1.82) is 0 Å². The fourth-order valence-electron chi connectivity index (χ4n) is 1.64. The number of nitrogens with one attached hydrogen (secondary N) is 1. The monoisotopic (exact) mass is 229 g/mol. The van der Waals surface area contributed by atoms with E-state index in [1.54, 1.807) is 0 Å². The van der Waals surface area contributed by atoms with Crippen LogP contribution in [0, 0.1) is 0 Å². The van der Waals surface area contributed by atoms with Crippen LogP contribution in [0.2, 0.25) is 5.04 Å². The Balaban J connectivity index is 2.48. The van der Waals surface area contributed by atoms with E-state index in [9.17, 15) is 4.79 Å². The molecular weight excluding hydrogens is 206 g/mol. The van der Waals surface area contributed by atoms with Gasteiger partial charge in [-0.3, -0.25) is 4.79 Å². The van der Waals surface area contributed by atoms with Crippen LogP contribution in [-0.2, 0) is 9.22 Å². The summed E-state index contributed by atoms with van der Waals surface area (Å²) in [6.07, 6.45) is 1.55. The minimum absolute atomic E-state index is 0.161. The molecule has 1 unspecified atom stereocenters. The van der Waals surface area contributed by atoms with Gasteiger partial charge in [-0.05, 0) is 25.3 Å². The van der Waals surface area contributed by atoms with Gasteiger partial charge >= 0.3 is 0 Å². The van der Waals surface area contributed by atoms with Gasteiger partial charge in [-0.25, -0.2) is 0 Å². The molecule has 1 fully saturated rings. The van der Waals surface area contributed by atoms with Crippen LogP contribution in [0.25, 0.3) is 0 Å². The fourth-order valence-corrected chi connectivity index (χ4v) is 2.64. The molecule has 1 rings (SSSR count). The van der Waals surface area contributed by atoms with Crippen LogP contribution in [0.5, 0.6) is 0 Å². The Morgan fingerprint density at radius 1 is 1.33 bits per heavy atom. The topological polar surface area (TPSA) is 38.3 Å². The normalized spacial score (nSPS) is 23.8. The summed E-state index contributed by atoms with van der Waals surface area (Å²) in [6, 6.07) is 0.194. The molecule has 1 heterocycles. The van der Waals surface area contributed by atoms with Crippen LogP contribution in [0.15, 0.2) is 0 Å². The molecule has 1 aliphatic heterocycles. The zero-order chi connectivity index (χ0) is 11.7. The van der Waals surface area contributed by atoms with Gasteiger partial charge in [0.15, 0.2) is 9.76 Å². The first-order valence-electron chi connectivity index (χ1n) is 5.64. The second-order valence-electron chi connectivity index (χ2n) is 6.11. The van der Waals surface area contributed by atoms with Gasteiger partial charge in [-0.2, -0.15) is 0 Å². The summed E-state index contributed by atoms with van der Waals surface area (Å²) in [5.41, 5.74) is -0.203. The van der Waals surface area contributed by atoms with E-state index in [0.717, 1.165) is 6.42 Å². The Morgan fingerprint density at radius 2 is 1.93 bits per heavy atom. The summed E-state index contributed by atoms with van der Waals surface area (Å²) >= 11 is 0. The third-order valence-electron chi connectivity index (χ3n) is 2.71. The third-order valence-corrected chi connectivity index (χ3v) is 4.47. The van der Waals surface area contributed by atoms with Gasteiger partial charge in [0.1, 0.15) is 0 Å². The van der Waals surface area contributed by atoms with Gasteiger partial charge in [0.05, 0.1) is 11.6 Å². The number of hydrogen-bond donors (Lipinski definition) is 1. The van der Waals surface area contributed by atoms with Crippen molar-refractivity contribution in [2.45, 2.75) is 64.1 Å². The lowest BCUT2D eigenvalue weighted by Crippen LogP contribution is -2.47. The number of rotatable bonds is 3. The predicted molar refractivity (Wildman–Crippen MR) is 64.6 cm³/mol. The van der Waals surface area contributed by atoms with Crippen molar-refractivity contribution in [2.75, 3.05) is 0 Å². The molecule has 1 atom stereocenters. The lowest BCUT2D eigenvalue weighted by atomic mass is 9.98. The van der Waals surface area contributed by atoms with Crippen molar-refractivity contribution in [1.82, 2.24) is 5.32 Å². The second kappa shape index (κ2) is 4.26. The van der Waals surface area contributed by atoms with Crippen molar-refractivity contribution < 1.29 is 9.22 Å². The van der Waals surface area contributed by atoms with Gasteiger partial charge in [-0.1, -0.05) is 20.8 Å². The number of carbonyl (C=O) groups is 1. The highest BCUT2D eigenvalue weighted by Crippen LogP contribution is 2.27. The van der Waals surface area contributed by atoms with Crippen LogP contribution in [0.3, 0.4) is 0 Å². The number of hydrogen-bond acceptors (Lipinski definition) is 2. The quantitative estimate of drug-likeness (QED) is 0.742. The Kier molecular flexibility index (Phi) is 3.61. The van der Waals surface area contributed by atoms with Crippen LogP contribution in [0.1, 0.15) is 47.5 Å². The van der Waals surface area contributed by atoms with Crippen molar-refractivity contribution in [3.63, 3.8) is 0 Å². The maximum absolute atomic E-state index is 11.1. The number of carbonyl (C=O) groups excluding carboxylic acids is 1. The molecule has 1 amide bonds. The third kappa shape index (κ3) is 3.95. The average Bonchev–Trinajstić information content (AvgIpc) is 2.48. The van der Waals surface area contributed by atoms with Crippen LogP contribution < -0.4 is 5.32 Å². The second-order valence-corrected chi connectivity index (χ2v) is 8.81. The molecule has 0 aromatic heterocycles. The van der Waals surface area contributed by atoms with Crippen molar-refractivity contribution in [3.05, 3.63) is 0 Å². The molecule has 0 aliphatic carbocycles. The molecule has 15 heavy (non-hydrogen) atoms. The van der Waals surface area contributed by atoms with Crippen molar-refractivity contribution in [3.8, 4) is 0 Å². The van der Waals surface area contributed by atoms with Gasteiger partial charge in [0.25, 0.3) is 0 Å². The average molecular weight is 229 g/mol. The molecule has 4 heteroatoms. The highest BCUT2D eigenvalue weighted by molar-refractivity contribution is 6.31. The first kappa shape index (κ1) is 12.7. The Morgan fingerprint density at radius 3 is 2.33 bits per heavy atom. The molecule has 0 saturated carbocycles. The molecule has 0 aromatic carbocycles. The zero-order valence-electron chi connectivity index (χ0n) is 10.5. The van der Waals surface area contributed by atoms with E-state index in [2.05, 4.69) is 39.9 Å². The van der Waals surface area contributed by atoms with E-state index in [-0.39, 0.29) is 17.6 Å². The predicted octanol–water partition coefficient (Wildman–Crippen LogP) is 1.36. The smallest absolute Gasteiger partial charge is 0.220 e. The SMILES string of the molecule is CC(C)(C)[SiH2]OC(C)(C)C1CCC(=O)N1. The Labute approximate surface area is 94.9 Å². The maximum Gasteiger partial charge on any atom is 0.220 e. The summed E-state index contributed by atoms with van der Waals surface area (Å²) in [4.78, 5) is 11.1. The molecule has 1 aliphatic rings. The molecule has 0 bridgehead atoms. The standard InChI is InChI=1S/C11H23NO2Si/c1-10(2,3)15-14-11(4,5)8-6-7-9(13)12-8/h8H,6-7,15H2,1-5H3,(H,12,13). The van der Waals surface area contributed by atoms with Crippen LogP contribution in [0.4, 0.5) is 0 Å². The van der Waals surface area contributed by atoms with Gasteiger partial charge in [-0.15, -0.1) is 0 Å². The molecule has 0 spiro atoms. The summed E-state index contributed by atoms with van der Waals surface area (Å²) in [5.74, 6) is 0.161. The first-order chi connectivity index (χ1) is 6.71. The van der Waals surface area contributed by atoms with Crippen molar-refractivity contribution >= 4 is 15.7 Å². The highest BCUT2D eigenvalue weighted by atomic mass is 28.2. The molecular formula is C11H23NO2Si. The zero-order valence-corrected chi connectivity index (χ0v) is 11.9. The maximum atomic E-state index is 11.1. The first-order valence-corrected chi connectivity index (χ1v) is 6.92. The lowest BCUT2D eigenvalue weighted by Gasteiger charge is -2.34. The molecule has 1 saturated heterocycles. The van der Waals surface area contributed by atoms with Gasteiger partial charge in [0.2, 0.25) is 5.91 Å². The summed E-state index contributed by atoms with van der Waals surface area (Å²) in [7, 11) is -0.556. The molecule has 0 radical (unpaired) electrons. The highest BCUT2D eigenvalue weighted by Gasteiger charge is 2.36. The van der Waals surface area contributed by atoms with E-state index >= 15 is 0 Å². The fraction of sp³-hybridized carbons (Fsp3) is 0.909. The van der Waals surface area contributed by atoms with E-state index in [0.29, 0.717) is 11.5 Å². The molecule has 88 valence electrons. The van der Waals surface area contributed by atoms with Crippen molar-refractivity contribution in [2.24, 2.45) is 0 Å². The lowest BCUT2D eigenvalue weighted by molar-refractivity contribution is -0.119. The Hall–Kier alpha value is -0.353. The largest absolute Gasteiger partial charge is 0.416 e. The van der Waals surface area contributed by atoms with Gasteiger partial charge in [0, 0.05) is 6.42 Å². The minimum Gasteiger partial charge on any atom is -0.416 e. The summed E-state index contributed by atoms with van der Waals surface area (Å²) in [6.45, 7) is 10.8. The molecule has 3 nitrogen and oxygen atoms in total.